The van der Waals surface area contributed by atoms with Crippen LogP contribution in [-0.4, -0.2) is 15.0 Å². The fourth-order valence-corrected chi connectivity index (χ4v) is 0.411. The van der Waals surface area contributed by atoms with Crippen LogP contribution in [0.15, 0.2) is 12.4 Å². The average Bonchev–Trinajstić information content (AvgIpc) is 2.12. The summed E-state index contributed by atoms with van der Waals surface area (Å²) >= 11 is 0. The fraction of sp³-hybridized carbons (Fsp3) is 0.500. The molecular weight excluding hydrogens is 106 g/mol. The maximum absolute atomic E-state index is 10.5. The number of hydrogen-bond donors (Lipinski definition) is 0. The Morgan fingerprint density at radius 2 is 2.50 bits per heavy atom. The second-order valence-corrected chi connectivity index (χ2v) is 1.48. The number of aromatic nitrogens is 3. The van der Waals surface area contributed by atoms with Crippen LogP contribution in [-0.2, 0) is 5.11 Å². The van der Waals surface area contributed by atoms with Crippen molar-refractivity contribution in [3.63, 3.8) is 0 Å². The second kappa shape index (κ2) is 1.92. The van der Waals surface area contributed by atoms with Gasteiger partial charge < -0.3 is 0 Å². The second-order valence-electron chi connectivity index (χ2n) is 1.48. The lowest BCUT2D eigenvalue weighted by atomic mass is 10.7. The molecule has 0 N–H and O–H groups in total. The van der Waals surface area contributed by atoms with Crippen molar-refractivity contribution in [2.24, 2.45) is 0 Å². The molecule has 1 rings (SSSR count). The molecule has 1 aromatic rings. The lowest BCUT2D eigenvalue weighted by Gasteiger charge is -1.96. The first-order chi connectivity index (χ1) is 3.80. The van der Waals surface area contributed by atoms with E-state index in [-0.39, 0.29) is 0 Å². The predicted octanol–water partition coefficient (Wildman–Crippen LogP) is 0.227. The Hall–Kier alpha value is -0.900. The van der Waals surface area contributed by atoms with Crippen LogP contribution in [0.1, 0.15) is 13.2 Å². The van der Waals surface area contributed by atoms with Gasteiger partial charge in [-0.25, -0.2) is 9.79 Å². The molecule has 0 aliphatic heterocycles. The van der Waals surface area contributed by atoms with E-state index in [0.717, 1.165) is 0 Å². The maximum atomic E-state index is 10.5. The third kappa shape index (κ3) is 0.840. The molecule has 1 radical (unpaired) electrons. The van der Waals surface area contributed by atoms with Crippen molar-refractivity contribution in [3.05, 3.63) is 12.4 Å². The highest BCUT2D eigenvalue weighted by atomic mass is 16.3. The van der Waals surface area contributed by atoms with Crippen LogP contribution in [0.5, 0.6) is 0 Å². The van der Waals surface area contributed by atoms with Crippen LogP contribution in [0.2, 0.25) is 0 Å². The summed E-state index contributed by atoms with van der Waals surface area (Å²) in [5.41, 5.74) is 0. The number of rotatable bonds is 1. The molecule has 0 aromatic carbocycles. The molecule has 0 saturated carbocycles. The van der Waals surface area contributed by atoms with Crippen LogP contribution in [0.3, 0.4) is 0 Å². The van der Waals surface area contributed by atoms with Gasteiger partial charge in [0, 0.05) is 6.20 Å². The number of hydrogen-bond acceptors (Lipinski definition) is 2. The van der Waals surface area contributed by atoms with Gasteiger partial charge in [0.1, 0.15) is 0 Å². The van der Waals surface area contributed by atoms with E-state index >= 15 is 0 Å². The fourth-order valence-electron chi connectivity index (χ4n) is 0.411. The van der Waals surface area contributed by atoms with Gasteiger partial charge in [-0.1, -0.05) is 5.21 Å². The minimum absolute atomic E-state index is 0.822. The van der Waals surface area contributed by atoms with Crippen LogP contribution >= 0.6 is 0 Å². The molecule has 0 aliphatic carbocycles. The summed E-state index contributed by atoms with van der Waals surface area (Å²) < 4.78 is 1.25. The van der Waals surface area contributed by atoms with Crippen molar-refractivity contribution < 1.29 is 5.11 Å². The van der Waals surface area contributed by atoms with Crippen molar-refractivity contribution in [3.8, 4) is 0 Å². The van der Waals surface area contributed by atoms with Gasteiger partial charge in [-0.05, 0) is 6.92 Å². The molecule has 0 amide bonds. The van der Waals surface area contributed by atoms with Crippen LogP contribution in [0.4, 0.5) is 0 Å². The summed E-state index contributed by atoms with van der Waals surface area (Å²) in [7, 11) is 0. The van der Waals surface area contributed by atoms with Crippen molar-refractivity contribution in [1.29, 1.82) is 0 Å². The van der Waals surface area contributed by atoms with E-state index in [9.17, 15) is 5.11 Å². The lowest BCUT2D eigenvalue weighted by Crippen LogP contribution is -2.02. The van der Waals surface area contributed by atoms with E-state index in [1.807, 2.05) is 0 Å². The predicted molar refractivity (Wildman–Crippen MR) is 25.4 cm³/mol. The highest BCUT2D eigenvalue weighted by Gasteiger charge is 1.97. The molecule has 8 heavy (non-hydrogen) atoms. The molecule has 0 spiro atoms. The van der Waals surface area contributed by atoms with Gasteiger partial charge in [-0.15, -0.1) is 5.10 Å². The summed E-state index contributed by atoms with van der Waals surface area (Å²) in [6, 6.07) is 0. The third-order valence-corrected chi connectivity index (χ3v) is 0.814. The number of nitrogens with zero attached hydrogens (tertiary/aromatic N) is 3. The molecule has 0 fully saturated rings. The standard InChI is InChI=1S/C4H6N3O/c1-4(8)7-3-2-5-6-7/h2-4H,1H3. The SMILES string of the molecule is CC([O])n1ccnn1. The normalized spacial score (nSPS) is 13.8. The minimum atomic E-state index is -0.822. The summed E-state index contributed by atoms with van der Waals surface area (Å²) in [5.74, 6) is 0. The van der Waals surface area contributed by atoms with Crippen LogP contribution in [0, 0.1) is 0 Å². The van der Waals surface area contributed by atoms with E-state index in [0.29, 0.717) is 0 Å². The monoisotopic (exact) mass is 112 g/mol. The van der Waals surface area contributed by atoms with Crippen LogP contribution in [0.25, 0.3) is 0 Å². The van der Waals surface area contributed by atoms with E-state index in [1.54, 1.807) is 0 Å². The first-order valence-electron chi connectivity index (χ1n) is 2.32. The molecule has 0 saturated heterocycles. The van der Waals surface area contributed by atoms with Gasteiger partial charge in [0.2, 0.25) is 0 Å². The van der Waals surface area contributed by atoms with E-state index in [1.165, 1.54) is 24.0 Å². The molecular formula is C4H6N3O. The summed E-state index contributed by atoms with van der Waals surface area (Å²) in [6.07, 6.45) is 2.20. The topological polar surface area (TPSA) is 50.6 Å². The first-order valence-corrected chi connectivity index (χ1v) is 2.32. The summed E-state index contributed by atoms with van der Waals surface area (Å²) in [4.78, 5) is 0. The van der Waals surface area contributed by atoms with Crippen molar-refractivity contribution >= 4 is 0 Å². The van der Waals surface area contributed by atoms with Crippen molar-refractivity contribution in [2.45, 2.75) is 13.2 Å². The van der Waals surface area contributed by atoms with Gasteiger partial charge in [-0.3, -0.25) is 0 Å². The largest absolute Gasteiger partial charge is 0.221 e. The molecule has 43 valence electrons. The lowest BCUT2D eigenvalue weighted by molar-refractivity contribution is 0.0318. The molecule has 4 nitrogen and oxygen atoms in total. The van der Waals surface area contributed by atoms with Crippen LogP contribution < -0.4 is 0 Å². The Morgan fingerprint density at radius 1 is 1.75 bits per heavy atom. The Balaban J connectivity index is 2.77. The molecule has 4 heteroatoms. The first kappa shape index (κ1) is 5.24. The van der Waals surface area contributed by atoms with E-state index < -0.39 is 6.23 Å². The third-order valence-electron chi connectivity index (χ3n) is 0.814. The quantitative estimate of drug-likeness (QED) is 0.522. The summed E-state index contributed by atoms with van der Waals surface area (Å²) in [5, 5.41) is 17.4. The zero-order valence-electron chi connectivity index (χ0n) is 4.48. The highest BCUT2D eigenvalue weighted by molar-refractivity contribution is 4.64. The zero-order chi connectivity index (χ0) is 5.98. The van der Waals surface area contributed by atoms with Crippen molar-refractivity contribution in [1.82, 2.24) is 15.0 Å². The minimum Gasteiger partial charge on any atom is -0.221 e. The smallest absolute Gasteiger partial charge is 0.183 e. The molecule has 1 heterocycles. The molecule has 1 aromatic heterocycles. The Morgan fingerprint density at radius 3 is 2.75 bits per heavy atom. The van der Waals surface area contributed by atoms with Gasteiger partial charge in [0.25, 0.3) is 0 Å². The molecule has 0 aliphatic rings. The molecule has 0 bridgehead atoms. The Bertz CT molecular complexity index is 146. The van der Waals surface area contributed by atoms with E-state index in [4.69, 9.17) is 0 Å². The zero-order valence-corrected chi connectivity index (χ0v) is 4.48. The van der Waals surface area contributed by atoms with Gasteiger partial charge in [-0.2, -0.15) is 0 Å². The van der Waals surface area contributed by atoms with E-state index in [2.05, 4.69) is 10.3 Å². The molecule has 1 unspecified atom stereocenters. The Labute approximate surface area is 46.8 Å². The van der Waals surface area contributed by atoms with Gasteiger partial charge >= 0.3 is 0 Å². The highest BCUT2D eigenvalue weighted by Crippen LogP contribution is 1.94. The van der Waals surface area contributed by atoms with Gasteiger partial charge in [0.15, 0.2) is 6.23 Å². The summed E-state index contributed by atoms with van der Waals surface area (Å²) in [6.45, 7) is 1.51. The van der Waals surface area contributed by atoms with Crippen molar-refractivity contribution in [2.75, 3.05) is 0 Å². The molecule has 1 atom stereocenters. The van der Waals surface area contributed by atoms with Gasteiger partial charge in [0.05, 0.1) is 6.20 Å². The maximum Gasteiger partial charge on any atom is 0.183 e. The Kier molecular flexibility index (Phi) is 1.26. The average molecular weight is 112 g/mol.